The molecular weight excluding hydrogens is 447 g/mol. The Kier molecular flexibility index (Phi) is 6.34. The number of aryl methyl sites for hydroxylation is 1. The van der Waals surface area contributed by atoms with Gasteiger partial charge in [-0.05, 0) is 42.9 Å². The number of thiophene rings is 1. The fraction of sp³-hybridized carbons (Fsp3) is 0.500. The van der Waals surface area contributed by atoms with E-state index in [-0.39, 0.29) is 5.82 Å². The predicted molar refractivity (Wildman–Crippen MR) is 128 cm³/mol. The number of nitrogens with zero attached hydrogens (tertiary/aromatic N) is 4. The fourth-order valence-electron chi connectivity index (χ4n) is 4.67. The molecule has 5 nitrogen and oxygen atoms in total. The number of anilines is 1. The molecule has 8 heteroatoms. The van der Waals surface area contributed by atoms with Crippen molar-refractivity contribution in [3.05, 3.63) is 50.9 Å². The van der Waals surface area contributed by atoms with Gasteiger partial charge in [0, 0.05) is 42.1 Å². The largest absolute Gasteiger partial charge is 0.379 e. The average Bonchev–Trinajstić information content (AvgIpc) is 3.13. The lowest BCUT2D eigenvalue weighted by atomic mass is 9.89. The number of hydrogen-bond donors (Lipinski definition) is 0. The van der Waals surface area contributed by atoms with Gasteiger partial charge in [-0.2, -0.15) is 0 Å². The molecule has 170 valence electrons. The van der Waals surface area contributed by atoms with Gasteiger partial charge >= 0.3 is 0 Å². The first-order chi connectivity index (χ1) is 15.5. The molecule has 0 amide bonds. The van der Waals surface area contributed by atoms with E-state index in [0.29, 0.717) is 29.6 Å². The number of hydrogen-bond acceptors (Lipinski definition) is 6. The molecule has 32 heavy (non-hydrogen) atoms. The quantitative estimate of drug-likeness (QED) is 0.516. The van der Waals surface area contributed by atoms with Crippen LogP contribution in [-0.2, 0) is 30.7 Å². The van der Waals surface area contributed by atoms with E-state index in [2.05, 4.69) is 11.8 Å². The molecule has 0 saturated carbocycles. The summed E-state index contributed by atoms with van der Waals surface area (Å²) in [6, 6.07) is 4.84. The minimum Gasteiger partial charge on any atom is -0.379 e. The molecule has 3 aromatic rings. The molecule has 5 rings (SSSR count). The van der Waals surface area contributed by atoms with Crippen molar-refractivity contribution in [1.82, 2.24) is 14.9 Å². The van der Waals surface area contributed by atoms with Crippen LogP contribution in [0.3, 0.4) is 0 Å². The van der Waals surface area contributed by atoms with E-state index < -0.39 is 0 Å². The van der Waals surface area contributed by atoms with Gasteiger partial charge in [0.25, 0.3) is 0 Å². The summed E-state index contributed by atoms with van der Waals surface area (Å²) in [4.78, 5) is 16.8. The summed E-state index contributed by atoms with van der Waals surface area (Å²) in [6.45, 7) is 6.62. The third kappa shape index (κ3) is 4.36. The van der Waals surface area contributed by atoms with Crippen LogP contribution in [0.25, 0.3) is 10.2 Å². The molecule has 2 aliphatic rings. The standard InChI is InChI=1S/C24H28ClFN4OS/c1-15-6-7-16-20(12-15)32-24-22(16)23(27-21(28-24)14-30-8-10-31-11-9-30)29(2)13-17-18(25)4-3-5-19(17)26/h3-5,15H,6-14H2,1-2H3. The van der Waals surface area contributed by atoms with E-state index in [9.17, 15) is 4.39 Å². The van der Waals surface area contributed by atoms with Crippen LogP contribution in [0, 0.1) is 11.7 Å². The number of benzene rings is 1. The summed E-state index contributed by atoms with van der Waals surface area (Å²) < 4.78 is 20.0. The van der Waals surface area contributed by atoms with Gasteiger partial charge in [-0.3, -0.25) is 4.90 Å². The molecular formula is C24H28ClFN4OS. The maximum Gasteiger partial charge on any atom is 0.146 e. The summed E-state index contributed by atoms with van der Waals surface area (Å²) in [6.07, 6.45) is 3.32. The van der Waals surface area contributed by atoms with Gasteiger partial charge in [-0.1, -0.05) is 24.6 Å². The maximum absolute atomic E-state index is 14.5. The third-order valence-electron chi connectivity index (χ3n) is 6.47. The Morgan fingerprint density at radius 1 is 1.28 bits per heavy atom. The summed E-state index contributed by atoms with van der Waals surface area (Å²) in [5.74, 6) is 2.09. The minimum absolute atomic E-state index is 0.288. The minimum atomic E-state index is -0.288. The average molecular weight is 475 g/mol. The van der Waals surface area contributed by atoms with Crippen LogP contribution in [-0.4, -0.2) is 48.2 Å². The van der Waals surface area contributed by atoms with Crippen LogP contribution in [0.5, 0.6) is 0 Å². The lowest BCUT2D eigenvalue weighted by Gasteiger charge is -2.27. The first kappa shape index (κ1) is 22.0. The molecule has 0 N–H and O–H groups in total. The van der Waals surface area contributed by atoms with Gasteiger partial charge in [0.2, 0.25) is 0 Å². The molecule has 1 aliphatic carbocycles. The molecule has 1 fully saturated rings. The normalized spacial score (nSPS) is 19.3. The van der Waals surface area contributed by atoms with Crippen molar-refractivity contribution in [2.45, 2.75) is 39.3 Å². The summed E-state index contributed by atoms with van der Waals surface area (Å²) in [5, 5.41) is 1.58. The van der Waals surface area contributed by atoms with Crippen LogP contribution in [0.1, 0.15) is 35.2 Å². The number of morpholine rings is 1. The van der Waals surface area contributed by atoms with Crippen molar-refractivity contribution in [2.24, 2.45) is 5.92 Å². The van der Waals surface area contributed by atoms with Gasteiger partial charge in [0.15, 0.2) is 0 Å². The monoisotopic (exact) mass is 474 g/mol. The van der Waals surface area contributed by atoms with E-state index in [1.807, 2.05) is 11.9 Å². The first-order valence-corrected chi connectivity index (χ1v) is 12.4. The van der Waals surface area contributed by atoms with Crippen molar-refractivity contribution >= 4 is 39.0 Å². The zero-order valence-corrected chi connectivity index (χ0v) is 20.1. The van der Waals surface area contributed by atoms with Crippen molar-refractivity contribution in [2.75, 3.05) is 38.3 Å². The molecule has 1 unspecified atom stereocenters. The highest BCUT2D eigenvalue weighted by Gasteiger charge is 2.26. The smallest absolute Gasteiger partial charge is 0.146 e. The van der Waals surface area contributed by atoms with Crippen LogP contribution >= 0.6 is 22.9 Å². The number of rotatable bonds is 5. The molecule has 0 radical (unpaired) electrons. The van der Waals surface area contributed by atoms with E-state index >= 15 is 0 Å². The van der Waals surface area contributed by atoms with Crippen molar-refractivity contribution in [3.63, 3.8) is 0 Å². The lowest BCUT2D eigenvalue weighted by Crippen LogP contribution is -2.36. The first-order valence-electron chi connectivity index (χ1n) is 11.2. The number of aromatic nitrogens is 2. The van der Waals surface area contributed by atoms with Crippen molar-refractivity contribution < 1.29 is 9.13 Å². The molecule has 0 spiro atoms. The van der Waals surface area contributed by atoms with Gasteiger partial charge in [0.1, 0.15) is 22.3 Å². The van der Waals surface area contributed by atoms with Crippen molar-refractivity contribution in [1.29, 1.82) is 0 Å². The van der Waals surface area contributed by atoms with E-state index in [4.69, 9.17) is 26.3 Å². The number of ether oxygens (including phenoxy) is 1. The number of fused-ring (bicyclic) bond motifs is 3. The van der Waals surface area contributed by atoms with Crippen LogP contribution < -0.4 is 4.90 Å². The Hall–Kier alpha value is -1.80. The second kappa shape index (κ2) is 9.21. The maximum atomic E-state index is 14.5. The molecule has 1 atom stereocenters. The number of halogens is 2. The zero-order valence-electron chi connectivity index (χ0n) is 18.5. The highest BCUT2D eigenvalue weighted by molar-refractivity contribution is 7.19. The van der Waals surface area contributed by atoms with Crippen LogP contribution in [0.2, 0.25) is 5.02 Å². The third-order valence-corrected chi connectivity index (χ3v) is 7.97. The topological polar surface area (TPSA) is 41.5 Å². The summed E-state index contributed by atoms with van der Waals surface area (Å²) >= 11 is 8.14. The van der Waals surface area contributed by atoms with Gasteiger partial charge in [-0.15, -0.1) is 11.3 Å². The summed E-state index contributed by atoms with van der Waals surface area (Å²) in [7, 11) is 1.97. The highest BCUT2D eigenvalue weighted by Crippen LogP contribution is 2.41. The Balaban J connectivity index is 1.56. The molecule has 1 saturated heterocycles. The Bertz CT molecular complexity index is 1110. The van der Waals surface area contributed by atoms with Crippen LogP contribution in [0.4, 0.5) is 10.2 Å². The molecule has 0 bridgehead atoms. The second-order valence-electron chi connectivity index (χ2n) is 8.94. The van der Waals surface area contributed by atoms with Crippen molar-refractivity contribution in [3.8, 4) is 0 Å². The lowest BCUT2D eigenvalue weighted by molar-refractivity contribution is 0.0331. The van der Waals surface area contributed by atoms with Gasteiger partial charge < -0.3 is 9.64 Å². The molecule has 2 aromatic heterocycles. The Labute approximate surface area is 197 Å². The molecule has 1 aromatic carbocycles. The molecule has 3 heterocycles. The Morgan fingerprint density at radius 3 is 2.88 bits per heavy atom. The highest BCUT2D eigenvalue weighted by atomic mass is 35.5. The van der Waals surface area contributed by atoms with E-state index in [1.165, 1.54) is 22.9 Å². The summed E-state index contributed by atoms with van der Waals surface area (Å²) in [5.41, 5.74) is 1.87. The zero-order chi connectivity index (χ0) is 22.2. The predicted octanol–water partition coefficient (Wildman–Crippen LogP) is 5.08. The fourth-order valence-corrected chi connectivity index (χ4v) is 6.29. The molecule has 1 aliphatic heterocycles. The van der Waals surface area contributed by atoms with E-state index in [0.717, 1.165) is 61.0 Å². The van der Waals surface area contributed by atoms with Gasteiger partial charge in [-0.25, -0.2) is 14.4 Å². The van der Waals surface area contributed by atoms with E-state index in [1.54, 1.807) is 23.5 Å². The second-order valence-corrected chi connectivity index (χ2v) is 10.4. The Morgan fingerprint density at radius 2 is 2.09 bits per heavy atom. The van der Waals surface area contributed by atoms with Gasteiger partial charge in [0.05, 0.1) is 25.1 Å². The SMILES string of the molecule is CC1CCc2c(sc3nc(CN4CCOCC4)nc(N(C)Cc4c(F)cccc4Cl)c23)C1. The van der Waals surface area contributed by atoms with Crippen LogP contribution in [0.15, 0.2) is 18.2 Å².